The van der Waals surface area contributed by atoms with Gasteiger partial charge in [-0.15, -0.1) is 0 Å². The van der Waals surface area contributed by atoms with Crippen molar-refractivity contribution < 1.29 is 27.4 Å². The third-order valence-corrected chi connectivity index (χ3v) is 4.07. The maximum absolute atomic E-state index is 13.0. The number of carbonyl (C=O) groups is 1. The monoisotopic (exact) mass is 385 g/mol. The molecule has 6 nitrogen and oxygen atoms in total. The Kier molecular flexibility index (Phi) is 6.45. The van der Waals surface area contributed by atoms with E-state index in [1.807, 2.05) is 0 Å². The SMILES string of the molecule is CO/C(C)=C(/C=C\C(C)c1nc(C(F)(F)F)ncc1C(=O)NC1CC1)OC. The number of aromatic nitrogens is 2. The van der Waals surface area contributed by atoms with Gasteiger partial charge in [-0.05, 0) is 25.8 Å². The average Bonchev–Trinajstić information content (AvgIpc) is 3.44. The lowest BCUT2D eigenvalue weighted by molar-refractivity contribution is -0.145. The summed E-state index contributed by atoms with van der Waals surface area (Å²) in [5.41, 5.74) is 0.0238. The first-order valence-corrected chi connectivity index (χ1v) is 8.39. The van der Waals surface area contributed by atoms with Crippen molar-refractivity contribution in [2.24, 2.45) is 0 Å². The number of methoxy groups -OCH3 is 2. The van der Waals surface area contributed by atoms with Crippen LogP contribution in [0.4, 0.5) is 13.2 Å². The molecule has 0 radical (unpaired) electrons. The van der Waals surface area contributed by atoms with Crippen molar-refractivity contribution in [3.8, 4) is 0 Å². The van der Waals surface area contributed by atoms with Gasteiger partial charge in [0, 0.05) is 18.2 Å². The predicted molar refractivity (Wildman–Crippen MR) is 91.8 cm³/mol. The highest BCUT2D eigenvalue weighted by molar-refractivity contribution is 5.95. The van der Waals surface area contributed by atoms with Gasteiger partial charge in [-0.2, -0.15) is 13.2 Å². The van der Waals surface area contributed by atoms with Gasteiger partial charge >= 0.3 is 6.18 Å². The minimum Gasteiger partial charge on any atom is -0.498 e. The molecular weight excluding hydrogens is 363 g/mol. The van der Waals surface area contributed by atoms with Crippen LogP contribution in [0.25, 0.3) is 0 Å². The third-order valence-electron chi connectivity index (χ3n) is 4.07. The maximum atomic E-state index is 13.0. The van der Waals surface area contributed by atoms with E-state index in [2.05, 4.69) is 15.3 Å². The zero-order chi connectivity index (χ0) is 20.2. The molecule has 1 aromatic rings. The quantitative estimate of drug-likeness (QED) is 0.574. The van der Waals surface area contributed by atoms with Crippen molar-refractivity contribution in [3.63, 3.8) is 0 Å². The summed E-state index contributed by atoms with van der Waals surface area (Å²) in [6, 6.07) is 0.0610. The summed E-state index contributed by atoms with van der Waals surface area (Å²) >= 11 is 0. The Bertz CT molecular complexity index is 756. The summed E-state index contributed by atoms with van der Waals surface area (Å²) in [5.74, 6) is -1.43. The molecular formula is C18H22F3N3O3. The van der Waals surface area contributed by atoms with Gasteiger partial charge in [0.2, 0.25) is 5.82 Å². The van der Waals surface area contributed by atoms with Crippen molar-refractivity contribution in [3.05, 3.63) is 46.9 Å². The van der Waals surface area contributed by atoms with Crippen LogP contribution in [0.2, 0.25) is 0 Å². The predicted octanol–water partition coefficient (Wildman–Crippen LogP) is 3.57. The number of alkyl halides is 3. The molecule has 27 heavy (non-hydrogen) atoms. The van der Waals surface area contributed by atoms with E-state index >= 15 is 0 Å². The second-order valence-electron chi connectivity index (χ2n) is 6.21. The van der Waals surface area contributed by atoms with E-state index in [9.17, 15) is 18.0 Å². The molecule has 2 rings (SSSR count). The Balaban J connectivity index is 2.39. The van der Waals surface area contributed by atoms with Crippen LogP contribution in [0.3, 0.4) is 0 Å². The lowest BCUT2D eigenvalue weighted by atomic mass is 10.0. The Labute approximate surface area is 155 Å². The summed E-state index contributed by atoms with van der Waals surface area (Å²) in [6.07, 6.45) is 1.11. The van der Waals surface area contributed by atoms with Crippen molar-refractivity contribution >= 4 is 5.91 Å². The van der Waals surface area contributed by atoms with E-state index < -0.39 is 23.8 Å². The van der Waals surface area contributed by atoms with Crippen molar-refractivity contribution in [1.29, 1.82) is 0 Å². The Morgan fingerprint density at radius 2 is 2.00 bits per heavy atom. The summed E-state index contributed by atoms with van der Waals surface area (Å²) in [5, 5.41) is 2.75. The first kappa shape index (κ1) is 20.7. The van der Waals surface area contributed by atoms with Crippen molar-refractivity contribution in [2.45, 2.75) is 44.8 Å². The molecule has 0 bridgehead atoms. The Morgan fingerprint density at radius 3 is 2.52 bits per heavy atom. The molecule has 1 aromatic heterocycles. The second-order valence-corrected chi connectivity index (χ2v) is 6.21. The van der Waals surface area contributed by atoms with E-state index in [0.717, 1.165) is 19.0 Å². The van der Waals surface area contributed by atoms with Crippen LogP contribution >= 0.6 is 0 Å². The number of ether oxygens (including phenoxy) is 2. The summed E-state index contributed by atoms with van der Waals surface area (Å²) in [6.45, 7) is 3.33. The third kappa shape index (κ3) is 5.45. The van der Waals surface area contributed by atoms with Gasteiger partial charge in [-0.1, -0.05) is 13.0 Å². The average molecular weight is 385 g/mol. The van der Waals surface area contributed by atoms with Crippen molar-refractivity contribution in [2.75, 3.05) is 14.2 Å². The van der Waals surface area contributed by atoms with E-state index in [0.29, 0.717) is 11.5 Å². The van der Waals surface area contributed by atoms with E-state index in [4.69, 9.17) is 9.47 Å². The largest absolute Gasteiger partial charge is 0.498 e. The summed E-state index contributed by atoms with van der Waals surface area (Å²) in [4.78, 5) is 19.3. The van der Waals surface area contributed by atoms with E-state index in [1.54, 1.807) is 26.0 Å². The highest BCUT2D eigenvalue weighted by Crippen LogP contribution is 2.29. The standard InChI is InChI=1S/C18H22F3N3O3/c1-10(5-8-14(27-4)11(2)26-3)15-13(16(25)23-12-6-7-12)9-22-17(24-15)18(19,20)21/h5,8-10,12H,6-7H2,1-4H3,(H,23,25)/b8-5-,14-11-. The molecule has 1 atom stereocenters. The number of hydrogen-bond acceptors (Lipinski definition) is 5. The van der Waals surface area contributed by atoms with E-state index in [-0.39, 0.29) is 17.3 Å². The summed E-state index contributed by atoms with van der Waals surface area (Å²) in [7, 11) is 2.93. The van der Waals surface area contributed by atoms with Gasteiger partial charge in [0.1, 0.15) is 5.76 Å². The Morgan fingerprint density at radius 1 is 1.33 bits per heavy atom. The van der Waals surface area contributed by atoms with Crippen LogP contribution in [-0.4, -0.2) is 36.1 Å². The van der Waals surface area contributed by atoms with Crippen LogP contribution in [0.5, 0.6) is 0 Å². The molecule has 1 fully saturated rings. The van der Waals surface area contributed by atoms with E-state index in [1.165, 1.54) is 14.2 Å². The molecule has 0 aliphatic heterocycles. The zero-order valence-electron chi connectivity index (χ0n) is 15.6. The number of amides is 1. The summed E-state index contributed by atoms with van der Waals surface area (Å²) < 4.78 is 49.3. The fourth-order valence-corrected chi connectivity index (χ4v) is 2.30. The lowest BCUT2D eigenvalue weighted by Crippen LogP contribution is -2.28. The molecule has 0 saturated heterocycles. The fourth-order valence-electron chi connectivity index (χ4n) is 2.30. The Hall–Kier alpha value is -2.58. The minimum absolute atomic E-state index is 0.00255. The van der Waals surface area contributed by atoms with Gasteiger partial charge < -0.3 is 14.8 Å². The lowest BCUT2D eigenvalue weighted by Gasteiger charge is -2.15. The molecule has 9 heteroatoms. The highest BCUT2D eigenvalue weighted by Gasteiger charge is 2.36. The maximum Gasteiger partial charge on any atom is 0.451 e. The zero-order valence-corrected chi connectivity index (χ0v) is 15.6. The smallest absolute Gasteiger partial charge is 0.451 e. The first-order valence-electron chi connectivity index (χ1n) is 8.39. The molecule has 1 aliphatic carbocycles. The number of carbonyl (C=O) groups excluding carboxylic acids is 1. The second kappa shape index (κ2) is 8.41. The van der Waals surface area contributed by atoms with Crippen LogP contribution < -0.4 is 5.32 Å². The number of nitrogens with zero attached hydrogens (tertiary/aromatic N) is 2. The number of halogens is 3. The number of nitrogens with one attached hydrogen (secondary N) is 1. The highest BCUT2D eigenvalue weighted by atomic mass is 19.4. The molecule has 0 spiro atoms. The van der Waals surface area contributed by atoms with Gasteiger partial charge in [-0.3, -0.25) is 4.79 Å². The fraction of sp³-hybridized carbons (Fsp3) is 0.500. The molecule has 1 aliphatic rings. The van der Waals surface area contributed by atoms with Gasteiger partial charge in [0.15, 0.2) is 5.76 Å². The molecule has 148 valence electrons. The molecule has 1 saturated carbocycles. The topological polar surface area (TPSA) is 73.3 Å². The number of hydrogen-bond donors (Lipinski definition) is 1. The molecule has 0 aromatic carbocycles. The van der Waals surface area contributed by atoms with Crippen LogP contribution in [0.15, 0.2) is 29.9 Å². The van der Waals surface area contributed by atoms with Crippen LogP contribution in [0.1, 0.15) is 54.5 Å². The van der Waals surface area contributed by atoms with Gasteiger partial charge in [-0.25, -0.2) is 9.97 Å². The molecule has 1 heterocycles. The molecule has 1 N–H and O–H groups in total. The molecule has 1 unspecified atom stereocenters. The normalized spacial score (nSPS) is 16.7. The van der Waals surface area contributed by atoms with Gasteiger partial charge in [0.05, 0.1) is 25.5 Å². The molecule has 1 amide bonds. The van der Waals surface area contributed by atoms with Crippen LogP contribution in [-0.2, 0) is 15.7 Å². The first-order chi connectivity index (χ1) is 12.7. The number of allylic oxidation sites excluding steroid dienone is 3. The van der Waals surface area contributed by atoms with Crippen molar-refractivity contribution in [1.82, 2.24) is 15.3 Å². The number of rotatable bonds is 7. The van der Waals surface area contributed by atoms with Gasteiger partial charge in [0.25, 0.3) is 5.91 Å². The van der Waals surface area contributed by atoms with Crippen LogP contribution in [0, 0.1) is 0 Å². The minimum atomic E-state index is -4.70.